The van der Waals surface area contributed by atoms with E-state index in [-0.39, 0.29) is 18.2 Å². The van der Waals surface area contributed by atoms with Crippen LogP contribution in [0.15, 0.2) is 48.5 Å². The van der Waals surface area contributed by atoms with Crippen LogP contribution >= 0.6 is 24.0 Å². The number of benzene rings is 2. The molecule has 1 N–H and O–H groups in total. The minimum atomic E-state index is -0.195. The van der Waals surface area contributed by atoms with Gasteiger partial charge in [0.2, 0.25) is 0 Å². The molecule has 2 rings (SSSR count). The van der Waals surface area contributed by atoms with E-state index < -0.39 is 0 Å². The van der Waals surface area contributed by atoms with Gasteiger partial charge in [-0.25, -0.2) is 4.39 Å². The van der Waals surface area contributed by atoms with Crippen molar-refractivity contribution < 1.29 is 4.39 Å². The zero-order valence-electron chi connectivity index (χ0n) is 10.4. The second kappa shape index (κ2) is 8.16. The van der Waals surface area contributed by atoms with Gasteiger partial charge in [0.15, 0.2) is 0 Å². The highest BCUT2D eigenvalue weighted by atomic mass is 35.5. The van der Waals surface area contributed by atoms with Crippen LogP contribution in [-0.2, 0) is 13.0 Å². The molecule has 0 aliphatic rings. The molecule has 19 heavy (non-hydrogen) atoms. The van der Waals surface area contributed by atoms with Gasteiger partial charge in [-0.1, -0.05) is 35.9 Å². The maximum atomic E-state index is 12.7. The number of nitrogens with one attached hydrogen (secondary N) is 1. The van der Waals surface area contributed by atoms with Crippen LogP contribution < -0.4 is 5.32 Å². The molecule has 0 aliphatic heterocycles. The zero-order valence-corrected chi connectivity index (χ0v) is 12.0. The van der Waals surface area contributed by atoms with E-state index in [0.717, 1.165) is 30.1 Å². The Kier molecular flexibility index (Phi) is 6.85. The van der Waals surface area contributed by atoms with Crippen molar-refractivity contribution in [2.24, 2.45) is 0 Å². The Hall–Kier alpha value is -1.09. The van der Waals surface area contributed by atoms with Crippen molar-refractivity contribution in [3.8, 4) is 0 Å². The summed E-state index contributed by atoms with van der Waals surface area (Å²) in [5.74, 6) is -0.195. The summed E-state index contributed by atoms with van der Waals surface area (Å²) in [6, 6.07) is 14.4. The number of hydrogen-bond donors (Lipinski definition) is 1. The van der Waals surface area contributed by atoms with Crippen LogP contribution in [0.4, 0.5) is 4.39 Å². The maximum absolute atomic E-state index is 12.7. The fourth-order valence-corrected chi connectivity index (χ4v) is 1.84. The molecule has 102 valence electrons. The predicted octanol–water partition coefficient (Wildman–Crippen LogP) is 4.23. The molecule has 0 aliphatic carbocycles. The van der Waals surface area contributed by atoms with Crippen molar-refractivity contribution in [3.63, 3.8) is 0 Å². The third-order valence-electron chi connectivity index (χ3n) is 2.75. The minimum Gasteiger partial charge on any atom is -0.312 e. The lowest BCUT2D eigenvalue weighted by Crippen LogP contribution is -2.16. The third-order valence-corrected chi connectivity index (χ3v) is 3.00. The number of hydrogen-bond acceptors (Lipinski definition) is 1. The molecular weight excluding hydrogens is 284 g/mol. The van der Waals surface area contributed by atoms with E-state index in [1.807, 2.05) is 24.3 Å². The van der Waals surface area contributed by atoms with Gasteiger partial charge in [0.1, 0.15) is 5.82 Å². The van der Waals surface area contributed by atoms with Gasteiger partial charge >= 0.3 is 0 Å². The van der Waals surface area contributed by atoms with Crippen molar-refractivity contribution in [1.29, 1.82) is 0 Å². The van der Waals surface area contributed by atoms with Gasteiger partial charge in [-0.05, 0) is 48.4 Å². The number of halogens is 3. The van der Waals surface area contributed by atoms with Crippen molar-refractivity contribution in [2.75, 3.05) is 6.54 Å². The summed E-state index contributed by atoms with van der Waals surface area (Å²) in [6.45, 7) is 1.65. The highest BCUT2D eigenvalue weighted by Crippen LogP contribution is 2.09. The number of rotatable bonds is 5. The first-order chi connectivity index (χ1) is 8.74. The van der Waals surface area contributed by atoms with Crippen LogP contribution in [0.3, 0.4) is 0 Å². The molecule has 0 unspecified atom stereocenters. The highest BCUT2D eigenvalue weighted by Gasteiger charge is 1.95. The van der Waals surface area contributed by atoms with Crippen LogP contribution in [0.1, 0.15) is 11.1 Å². The van der Waals surface area contributed by atoms with E-state index in [4.69, 9.17) is 11.6 Å². The fraction of sp³-hybridized carbons (Fsp3) is 0.200. The molecule has 0 amide bonds. The maximum Gasteiger partial charge on any atom is 0.123 e. The normalized spacial score (nSPS) is 10.0. The summed E-state index contributed by atoms with van der Waals surface area (Å²) in [6.07, 6.45) is 0.957. The Bertz CT molecular complexity index is 435. The highest BCUT2D eigenvalue weighted by molar-refractivity contribution is 6.30. The molecule has 0 saturated heterocycles. The summed E-state index contributed by atoms with van der Waals surface area (Å²) in [5, 5.41) is 4.09. The van der Waals surface area contributed by atoms with Crippen molar-refractivity contribution in [3.05, 3.63) is 70.5 Å². The zero-order chi connectivity index (χ0) is 12.8. The van der Waals surface area contributed by atoms with Crippen LogP contribution in [0.2, 0.25) is 5.02 Å². The Balaban J connectivity index is 0.00000180. The first-order valence-corrected chi connectivity index (χ1v) is 6.31. The summed E-state index contributed by atoms with van der Waals surface area (Å²) in [7, 11) is 0. The van der Waals surface area contributed by atoms with Crippen LogP contribution in [0.25, 0.3) is 0 Å². The molecule has 0 heterocycles. The van der Waals surface area contributed by atoms with Gasteiger partial charge in [-0.2, -0.15) is 0 Å². The molecule has 0 aromatic heterocycles. The Morgan fingerprint density at radius 3 is 2.11 bits per heavy atom. The molecule has 4 heteroatoms. The second-order valence-corrected chi connectivity index (χ2v) is 4.62. The topological polar surface area (TPSA) is 12.0 Å². The molecule has 0 bridgehead atoms. The lowest BCUT2D eigenvalue weighted by Gasteiger charge is -2.05. The molecule has 0 atom stereocenters. The van der Waals surface area contributed by atoms with E-state index in [9.17, 15) is 4.39 Å². The van der Waals surface area contributed by atoms with E-state index in [1.54, 1.807) is 12.1 Å². The Morgan fingerprint density at radius 1 is 0.895 bits per heavy atom. The molecule has 1 nitrogen and oxygen atoms in total. The first kappa shape index (κ1) is 16.0. The summed E-state index contributed by atoms with van der Waals surface area (Å²) in [4.78, 5) is 0. The first-order valence-electron chi connectivity index (χ1n) is 5.93. The summed E-state index contributed by atoms with van der Waals surface area (Å²) >= 11 is 5.82. The van der Waals surface area contributed by atoms with Crippen LogP contribution in [0.5, 0.6) is 0 Å². The van der Waals surface area contributed by atoms with E-state index in [0.29, 0.717) is 0 Å². The van der Waals surface area contributed by atoms with E-state index in [1.165, 1.54) is 17.7 Å². The van der Waals surface area contributed by atoms with Crippen LogP contribution in [0, 0.1) is 5.82 Å². The van der Waals surface area contributed by atoms with Gasteiger partial charge in [-0.15, -0.1) is 12.4 Å². The van der Waals surface area contributed by atoms with Gasteiger partial charge in [0.25, 0.3) is 0 Å². The van der Waals surface area contributed by atoms with Gasteiger partial charge in [-0.3, -0.25) is 0 Å². The van der Waals surface area contributed by atoms with E-state index in [2.05, 4.69) is 5.32 Å². The van der Waals surface area contributed by atoms with Crippen molar-refractivity contribution >= 4 is 24.0 Å². The summed E-state index contributed by atoms with van der Waals surface area (Å²) in [5.41, 5.74) is 2.35. The molecule has 0 spiro atoms. The second-order valence-electron chi connectivity index (χ2n) is 4.18. The standard InChI is InChI=1S/C15H15ClFN.ClH/c16-14-5-1-12(2-6-14)9-10-18-11-13-3-7-15(17)8-4-13;/h1-8,18H,9-11H2;1H. The largest absolute Gasteiger partial charge is 0.312 e. The minimum absolute atomic E-state index is 0. The van der Waals surface area contributed by atoms with Crippen LogP contribution in [-0.4, -0.2) is 6.54 Å². The average Bonchev–Trinajstić information content (AvgIpc) is 2.39. The summed E-state index contributed by atoms with van der Waals surface area (Å²) < 4.78 is 12.7. The molecule has 0 fully saturated rings. The molecular formula is C15H16Cl2FN. The Morgan fingerprint density at radius 2 is 1.47 bits per heavy atom. The lowest BCUT2D eigenvalue weighted by molar-refractivity contribution is 0.625. The van der Waals surface area contributed by atoms with Gasteiger partial charge in [0.05, 0.1) is 0 Å². The quantitative estimate of drug-likeness (QED) is 0.815. The molecule has 2 aromatic carbocycles. The predicted molar refractivity (Wildman–Crippen MR) is 80.5 cm³/mol. The third kappa shape index (κ3) is 5.60. The van der Waals surface area contributed by atoms with Crippen molar-refractivity contribution in [2.45, 2.75) is 13.0 Å². The molecule has 2 aromatic rings. The SMILES string of the molecule is Cl.Fc1ccc(CNCCc2ccc(Cl)cc2)cc1. The van der Waals surface area contributed by atoms with E-state index >= 15 is 0 Å². The molecule has 0 saturated carbocycles. The van der Waals surface area contributed by atoms with Gasteiger partial charge < -0.3 is 5.32 Å². The lowest BCUT2D eigenvalue weighted by atomic mass is 10.1. The average molecular weight is 300 g/mol. The molecule has 0 radical (unpaired) electrons. The fourth-order valence-electron chi connectivity index (χ4n) is 1.72. The monoisotopic (exact) mass is 299 g/mol. The van der Waals surface area contributed by atoms with Crippen molar-refractivity contribution in [1.82, 2.24) is 5.32 Å². The smallest absolute Gasteiger partial charge is 0.123 e. The van der Waals surface area contributed by atoms with Gasteiger partial charge in [0, 0.05) is 11.6 Å². The Labute approximate surface area is 124 Å².